The molecule has 0 radical (unpaired) electrons. The van der Waals surface area contributed by atoms with Gasteiger partial charge in [-0.15, -0.1) is 10.2 Å². The van der Waals surface area contributed by atoms with Gasteiger partial charge in [0.2, 0.25) is 5.91 Å². The molecule has 3 aromatic rings. The summed E-state index contributed by atoms with van der Waals surface area (Å²) in [6.45, 7) is 6.19. The van der Waals surface area contributed by atoms with E-state index in [1.165, 1.54) is 17.3 Å². The largest absolute Gasteiger partial charge is 0.484 e. The van der Waals surface area contributed by atoms with Crippen LogP contribution in [0.25, 0.3) is 0 Å². The minimum absolute atomic E-state index is 0.0591. The molecule has 1 unspecified atom stereocenters. The van der Waals surface area contributed by atoms with E-state index in [1.807, 2.05) is 51.1 Å². The van der Waals surface area contributed by atoms with E-state index < -0.39 is 0 Å². The van der Waals surface area contributed by atoms with Crippen LogP contribution in [0.1, 0.15) is 42.8 Å². The maximum absolute atomic E-state index is 12.8. The number of rotatable bonds is 8. The Bertz CT molecular complexity index is 1100. The normalized spacial score (nSPS) is 14.3. The van der Waals surface area contributed by atoms with Crippen molar-refractivity contribution in [1.82, 2.24) is 14.8 Å². The lowest BCUT2D eigenvalue weighted by atomic mass is 10.1. The summed E-state index contributed by atoms with van der Waals surface area (Å²) in [6.07, 6.45) is 2.15. The van der Waals surface area contributed by atoms with E-state index in [9.17, 15) is 4.79 Å². The zero-order valence-corrected chi connectivity index (χ0v) is 19.3. The Balaban J connectivity index is 1.44. The lowest BCUT2D eigenvalue weighted by Crippen LogP contribution is -2.23. The Hall–Kier alpha value is -2.51. The van der Waals surface area contributed by atoms with E-state index in [0.29, 0.717) is 16.8 Å². The van der Waals surface area contributed by atoms with Crippen LogP contribution in [0.4, 0.5) is 5.69 Å². The molecule has 162 valence electrons. The van der Waals surface area contributed by atoms with Crippen LogP contribution in [0.3, 0.4) is 0 Å². The van der Waals surface area contributed by atoms with Gasteiger partial charge >= 0.3 is 0 Å². The van der Waals surface area contributed by atoms with E-state index >= 15 is 0 Å². The molecular weight excluding hydrogens is 432 g/mol. The zero-order chi connectivity index (χ0) is 22.0. The zero-order valence-electron chi connectivity index (χ0n) is 17.8. The van der Waals surface area contributed by atoms with Crippen LogP contribution in [0.5, 0.6) is 5.75 Å². The topological polar surface area (TPSA) is 69.0 Å². The molecule has 0 aliphatic heterocycles. The summed E-state index contributed by atoms with van der Waals surface area (Å²) in [7, 11) is 0. The first kappa shape index (κ1) is 21.7. The molecular formula is C23H25ClN4O2S. The molecule has 31 heavy (non-hydrogen) atoms. The minimum atomic E-state index is -0.320. The number of carbonyl (C=O) groups is 1. The van der Waals surface area contributed by atoms with Crippen molar-refractivity contribution in [3.8, 4) is 5.75 Å². The molecule has 0 saturated heterocycles. The van der Waals surface area contributed by atoms with Gasteiger partial charge < -0.3 is 10.1 Å². The van der Waals surface area contributed by atoms with E-state index in [0.717, 1.165) is 35.1 Å². The van der Waals surface area contributed by atoms with Crippen molar-refractivity contribution in [2.45, 2.75) is 56.7 Å². The Kier molecular flexibility index (Phi) is 6.53. The summed E-state index contributed by atoms with van der Waals surface area (Å²) < 4.78 is 7.96. The van der Waals surface area contributed by atoms with Crippen LogP contribution in [0, 0.1) is 13.8 Å². The fourth-order valence-electron chi connectivity index (χ4n) is 3.29. The van der Waals surface area contributed by atoms with Crippen LogP contribution in [-0.2, 0) is 11.4 Å². The maximum Gasteiger partial charge on any atom is 0.237 e. The van der Waals surface area contributed by atoms with E-state index in [-0.39, 0.29) is 17.8 Å². The van der Waals surface area contributed by atoms with Crippen molar-refractivity contribution < 1.29 is 9.53 Å². The molecule has 6 nitrogen and oxygen atoms in total. The number of aromatic nitrogens is 3. The number of halogens is 1. The van der Waals surface area contributed by atoms with Crippen molar-refractivity contribution in [3.05, 3.63) is 64.4 Å². The number of hydrogen-bond acceptors (Lipinski definition) is 5. The van der Waals surface area contributed by atoms with Gasteiger partial charge in [-0.3, -0.25) is 9.36 Å². The maximum atomic E-state index is 12.8. The molecule has 1 aliphatic carbocycles. The monoisotopic (exact) mass is 456 g/mol. The standard InChI is InChI=1S/C23H25ClN4O2S/c1-14-8-11-19(15(2)12-14)25-22(29)16(3)31-23-27-26-21(28(23)17-9-10-17)13-30-20-7-5-4-6-18(20)24/h4-8,11-12,16-17H,9-10,13H2,1-3H3,(H,25,29). The Morgan fingerprint density at radius 2 is 2.03 bits per heavy atom. The molecule has 4 rings (SSSR count). The molecule has 1 fully saturated rings. The molecule has 0 spiro atoms. The SMILES string of the molecule is Cc1ccc(NC(=O)C(C)Sc2nnc(COc3ccccc3Cl)n2C2CC2)c(C)c1. The van der Waals surface area contributed by atoms with Crippen LogP contribution >= 0.6 is 23.4 Å². The number of ether oxygens (including phenoxy) is 1. The van der Waals surface area contributed by atoms with Crippen molar-refractivity contribution in [1.29, 1.82) is 0 Å². The predicted octanol–water partition coefficient (Wildman–Crippen LogP) is 5.58. The summed E-state index contributed by atoms with van der Waals surface area (Å²) in [4.78, 5) is 12.8. The number of benzene rings is 2. The second-order valence-corrected chi connectivity index (χ2v) is 9.50. The van der Waals surface area contributed by atoms with Gasteiger partial charge in [0.1, 0.15) is 12.4 Å². The van der Waals surface area contributed by atoms with Gasteiger partial charge in [0, 0.05) is 11.7 Å². The lowest BCUT2D eigenvalue weighted by molar-refractivity contribution is -0.115. The van der Waals surface area contributed by atoms with Gasteiger partial charge in [0.05, 0.1) is 10.3 Å². The average Bonchev–Trinajstić information content (AvgIpc) is 3.50. The molecule has 1 N–H and O–H groups in total. The smallest absolute Gasteiger partial charge is 0.237 e. The second kappa shape index (κ2) is 9.32. The number of thioether (sulfide) groups is 1. The first-order valence-corrected chi connectivity index (χ1v) is 11.5. The van der Waals surface area contributed by atoms with E-state index in [4.69, 9.17) is 16.3 Å². The summed E-state index contributed by atoms with van der Waals surface area (Å²) in [5.41, 5.74) is 3.05. The second-order valence-electron chi connectivity index (χ2n) is 7.79. The first-order chi connectivity index (χ1) is 14.9. The lowest BCUT2D eigenvalue weighted by Gasteiger charge is -2.15. The minimum Gasteiger partial charge on any atom is -0.484 e. The Morgan fingerprint density at radius 3 is 2.74 bits per heavy atom. The molecule has 2 aromatic carbocycles. The summed E-state index contributed by atoms with van der Waals surface area (Å²) in [5.74, 6) is 1.30. The van der Waals surface area contributed by atoms with Gasteiger partial charge in [-0.05, 0) is 57.4 Å². The molecule has 1 amide bonds. The molecule has 1 heterocycles. The van der Waals surface area contributed by atoms with Gasteiger partial charge in [-0.1, -0.05) is 53.2 Å². The highest BCUT2D eigenvalue weighted by atomic mass is 35.5. The fourth-order valence-corrected chi connectivity index (χ4v) is 4.42. The van der Waals surface area contributed by atoms with Crippen LogP contribution in [-0.4, -0.2) is 25.9 Å². The highest BCUT2D eigenvalue weighted by molar-refractivity contribution is 8.00. The van der Waals surface area contributed by atoms with Crippen molar-refractivity contribution in [3.63, 3.8) is 0 Å². The highest BCUT2D eigenvalue weighted by Gasteiger charge is 2.31. The fraction of sp³-hybridized carbons (Fsp3) is 0.348. The highest BCUT2D eigenvalue weighted by Crippen LogP contribution is 2.40. The average molecular weight is 457 g/mol. The third-order valence-electron chi connectivity index (χ3n) is 5.13. The van der Waals surface area contributed by atoms with Crippen LogP contribution in [0.15, 0.2) is 47.6 Å². The third kappa shape index (κ3) is 5.22. The van der Waals surface area contributed by atoms with Gasteiger partial charge in [0.25, 0.3) is 0 Å². The third-order valence-corrected chi connectivity index (χ3v) is 6.50. The van der Waals surface area contributed by atoms with Crippen molar-refractivity contribution in [2.24, 2.45) is 0 Å². The molecule has 8 heteroatoms. The number of carbonyl (C=O) groups excluding carboxylic acids is 1. The summed E-state index contributed by atoms with van der Waals surface area (Å²) in [5, 5.41) is 12.7. The van der Waals surface area contributed by atoms with Crippen LogP contribution < -0.4 is 10.1 Å². The number of aryl methyl sites for hydroxylation is 2. The van der Waals surface area contributed by atoms with Gasteiger partial charge in [-0.25, -0.2) is 0 Å². The van der Waals surface area contributed by atoms with E-state index in [1.54, 1.807) is 6.07 Å². The molecule has 1 saturated carbocycles. The molecule has 0 bridgehead atoms. The van der Waals surface area contributed by atoms with E-state index in [2.05, 4.69) is 26.1 Å². The predicted molar refractivity (Wildman–Crippen MR) is 124 cm³/mol. The van der Waals surface area contributed by atoms with Gasteiger partial charge in [-0.2, -0.15) is 0 Å². The number of nitrogens with zero attached hydrogens (tertiary/aromatic N) is 3. The number of anilines is 1. The summed E-state index contributed by atoms with van der Waals surface area (Å²) >= 11 is 7.60. The molecule has 1 aliphatic rings. The van der Waals surface area contributed by atoms with Crippen molar-refractivity contribution >= 4 is 35.0 Å². The molecule has 1 atom stereocenters. The van der Waals surface area contributed by atoms with Gasteiger partial charge in [0.15, 0.2) is 11.0 Å². The Labute approximate surface area is 191 Å². The summed E-state index contributed by atoms with van der Waals surface area (Å²) in [6, 6.07) is 13.7. The number of para-hydroxylation sites is 1. The van der Waals surface area contributed by atoms with Crippen molar-refractivity contribution in [2.75, 3.05) is 5.32 Å². The first-order valence-electron chi connectivity index (χ1n) is 10.3. The van der Waals surface area contributed by atoms with Crippen LogP contribution in [0.2, 0.25) is 5.02 Å². The number of amides is 1. The number of nitrogens with one attached hydrogen (secondary N) is 1. The Morgan fingerprint density at radius 1 is 1.26 bits per heavy atom. The molecule has 1 aromatic heterocycles. The number of hydrogen-bond donors (Lipinski definition) is 1. The quantitative estimate of drug-likeness (QED) is 0.448.